The molecule has 1 fully saturated rings. The number of hydrogen-bond donors (Lipinski definition) is 2. The van der Waals surface area contributed by atoms with Crippen LogP contribution >= 0.6 is 11.3 Å². The van der Waals surface area contributed by atoms with E-state index >= 15 is 0 Å². The van der Waals surface area contributed by atoms with Gasteiger partial charge in [-0.3, -0.25) is 9.52 Å². The molecule has 0 spiro atoms. The van der Waals surface area contributed by atoms with Gasteiger partial charge in [0, 0.05) is 16.6 Å². The third-order valence-electron chi connectivity index (χ3n) is 4.92. The Morgan fingerprint density at radius 2 is 1.86 bits per heavy atom. The normalized spacial score (nSPS) is 20.3. The maximum Gasteiger partial charge on any atom is 0.230 e. The minimum atomic E-state index is -3.30. The highest BCUT2D eigenvalue weighted by molar-refractivity contribution is 7.92. The molecule has 150 valence electrons. The van der Waals surface area contributed by atoms with Gasteiger partial charge in [0.2, 0.25) is 15.9 Å². The Hall–Kier alpha value is -2.19. The van der Waals surface area contributed by atoms with Gasteiger partial charge in [0.15, 0.2) is 5.13 Å². The van der Waals surface area contributed by atoms with Crippen molar-refractivity contribution in [2.75, 3.05) is 16.3 Å². The van der Waals surface area contributed by atoms with Gasteiger partial charge in [-0.2, -0.15) is 0 Å². The first-order chi connectivity index (χ1) is 13.0. The van der Waals surface area contributed by atoms with Crippen LogP contribution in [0, 0.1) is 17.3 Å². The smallest absolute Gasteiger partial charge is 0.230 e. The Labute approximate surface area is 170 Å². The minimum Gasteiger partial charge on any atom is -0.302 e. The lowest BCUT2D eigenvalue weighted by Gasteiger charge is -2.04. The highest BCUT2D eigenvalue weighted by Crippen LogP contribution is 2.59. The molecular formula is C20H25N3O3S2. The predicted molar refractivity (Wildman–Crippen MR) is 115 cm³/mol. The fourth-order valence-electron chi connectivity index (χ4n) is 3.42. The first-order valence-electron chi connectivity index (χ1n) is 8.97. The first kappa shape index (κ1) is 20.5. The lowest BCUT2D eigenvalue weighted by atomic mass is 10.1. The molecule has 6 nitrogen and oxygen atoms in total. The summed E-state index contributed by atoms with van der Waals surface area (Å²) in [6.07, 6.45) is 3.28. The van der Waals surface area contributed by atoms with Crippen LogP contribution in [0.25, 0.3) is 11.3 Å². The molecule has 8 heteroatoms. The molecule has 1 aromatic heterocycles. The van der Waals surface area contributed by atoms with Crippen molar-refractivity contribution in [3.05, 3.63) is 41.3 Å². The first-order valence-corrected chi connectivity index (χ1v) is 11.7. The second kappa shape index (κ2) is 7.33. The predicted octanol–water partition coefficient (Wildman–Crippen LogP) is 4.36. The molecule has 1 aliphatic carbocycles. The number of carbonyl (C=O) groups excluding carboxylic acids is 1. The number of sulfonamides is 1. The van der Waals surface area contributed by atoms with Crippen LogP contribution in [0.15, 0.2) is 41.3 Å². The second-order valence-electron chi connectivity index (χ2n) is 8.05. The van der Waals surface area contributed by atoms with Gasteiger partial charge < -0.3 is 5.32 Å². The maximum atomic E-state index is 12.7. The average molecular weight is 420 g/mol. The number of anilines is 2. The van der Waals surface area contributed by atoms with Crippen LogP contribution in [0.4, 0.5) is 10.8 Å². The SMILES string of the molecule is CC(C)=CC1C(C(=O)Nc2nc(-c3ccc(NS(C)(=O)=O)cc3)cs2)C1(C)C. The van der Waals surface area contributed by atoms with E-state index in [9.17, 15) is 13.2 Å². The van der Waals surface area contributed by atoms with Crippen LogP contribution in [0.3, 0.4) is 0 Å². The molecule has 1 amide bonds. The van der Waals surface area contributed by atoms with E-state index in [4.69, 9.17) is 0 Å². The summed E-state index contributed by atoms with van der Waals surface area (Å²) in [7, 11) is -3.30. The van der Waals surface area contributed by atoms with Gasteiger partial charge in [-0.1, -0.05) is 37.6 Å². The van der Waals surface area contributed by atoms with Gasteiger partial charge in [-0.25, -0.2) is 13.4 Å². The number of rotatable bonds is 6. The molecular weight excluding hydrogens is 394 g/mol. The zero-order chi connectivity index (χ0) is 20.7. The zero-order valence-corrected chi connectivity index (χ0v) is 18.2. The zero-order valence-electron chi connectivity index (χ0n) is 16.6. The molecule has 1 aromatic carbocycles. The van der Waals surface area contributed by atoms with Crippen molar-refractivity contribution >= 4 is 38.1 Å². The summed E-state index contributed by atoms with van der Waals surface area (Å²) in [6, 6.07) is 6.96. The highest BCUT2D eigenvalue weighted by Gasteiger charge is 2.60. The van der Waals surface area contributed by atoms with E-state index in [1.807, 2.05) is 19.2 Å². The van der Waals surface area contributed by atoms with E-state index in [1.54, 1.807) is 24.3 Å². The van der Waals surface area contributed by atoms with Crippen molar-refractivity contribution < 1.29 is 13.2 Å². The summed E-state index contributed by atoms with van der Waals surface area (Å²) in [5.74, 6) is 0.212. The lowest BCUT2D eigenvalue weighted by Crippen LogP contribution is -2.16. The standard InChI is InChI=1S/C20H25N3O3S2/c1-12(2)10-15-17(20(15,3)4)18(24)22-19-21-16(11-27-19)13-6-8-14(9-7-13)23-28(5,25)26/h6-11,15,17,23H,1-5H3,(H,21,22,24). The molecule has 3 rings (SSSR count). The number of nitrogens with zero attached hydrogens (tertiary/aromatic N) is 1. The van der Waals surface area contributed by atoms with Gasteiger partial charge in [-0.05, 0) is 37.3 Å². The number of allylic oxidation sites excluding steroid dienone is 2. The number of aromatic nitrogens is 1. The Morgan fingerprint density at radius 3 is 2.43 bits per heavy atom. The lowest BCUT2D eigenvalue weighted by molar-refractivity contribution is -0.118. The molecule has 0 saturated heterocycles. The van der Waals surface area contributed by atoms with E-state index in [0.717, 1.165) is 17.5 Å². The minimum absolute atomic E-state index is 0.00102. The van der Waals surface area contributed by atoms with E-state index in [-0.39, 0.29) is 23.2 Å². The average Bonchev–Trinajstić information content (AvgIpc) is 2.90. The molecule has 2 N–H and O–H groups in total. The molecule has 1 saturated carbocycles. The number of amides is 1. The van der Waals surface area contributed by atoms with Crippen LogP contribution in [0.1, 0.15) is 27.7 Å². The fourth-order valence-corrected chi connectivity index (χ4v) is 4.71. The Bertz CT molecular complexity index is 1020. The number of nitrogens with one attached hydrogen (secondary N) is 2. The summed E-state index contributed by atoms with van der Waals surface area (Å²) < 4.78 is 25.0. The molecule has 2 atom stereocenters. The molecule has 0 bridgehead atoms. The third-order valence-corrected chi connectivity index (χ3v) is 6.29. The van der Waals surface area contributed by atoms with Gasteiger partial charge in [0.25, 0.3) is 0 Å². The fraction of sp³-hybridized carbons (Fsp3) is 0.400. The quantitative estimate of drug-likeness (QED) is 0.681. The topological polar surface area (TPSA) is 88.2 Å². The van der Waals surface area contributed by atoms with Crippen molar-refractivity contribution in [1.29, 1.82) is 0 Å². The number of carbonyl (C=O) groups is 1. The molecule has 1 heterocycles. The summed E-state index contributed by atoms with van der Waals surface area (Å²) in [6.45, 7) is 8.32. The molecule has 28 heavy (non-hydrogen) atoms. The van der Waals surface area contributed by atoms with Crippen molar-refractivity contribution in [2.24, 2.45) is 17.3 Å². The molecule has 0 radical (unpaired) electrons. The van der Waals surface area contributed by atoms with Crippen molar-refractivity contribution in [1.82, 2.24) is 4.98 Å². The third kappa shape index (κ3) is 4.62. The molecule has 1 aliphatic rings. The second-order valence-corrected chi connectivity index (χ2v) is 10.7. The van der Waals surface area contributed by atoms with Crippen LogP contribution in [-0.4, -0.2) is 25.6 Å². The van der Waals surface area contributed by atoms with Gasteiger partial charge in [0.05, 0.1) is 17.9 Å². The van der Waals surface area contributed by atoms with Crippen LogP contribution < -0.4 is 10.0 Å². The summed E-state index contributed by atoms with van der Waals surface area (Å²) in [4.78, 5) is 17.2. The van der Waals surface area contributed by atoms with Crippen molar-refractivity contribution in [3.63, 3.8) is 0 Å². The van der Waals surface area contributed by atoms with E-state index in [0.29, 0.717) is 10.8 Å². The maximum absolute atomic E-state index is 12.7. The molecule has 2 unspecified atom stereocenters. The Morgan fingerprint density at radius 1 is 1.21 bits per heavy atom. The largest absolute Gasteiger partial charge is 0.302 e. The van der Waals surface area contributed by atoms with Crippen LogP contribution in [-0.2, 0) is 14.8 Å². The molecule has 0 aliphatic heterocycles. The summed E-state index contributed by atoms with van der Waals surface area (Å²) in [5, 5.41) is 5.38. The van der Waals surface area contributed by atoms with Gasteiger partial charge in [-0.15, -0.1) is 11.3 Å². The van der Waals surface area contributed by atoms with Crippen molar-refractivity contribution in [3.8, 4) is 11.3 Å². The Kier molecular flexibility index (Phi) is 5.38. The summed E-state index contributed by atoms with van der Waals surface area (Å²) in [5.41, 5.74) is 3.27. The van der Waals surface area contributed by atoms with Crippen LogP contribution in [0.2, 0.25) is 0 Å². The monoisotopic (exact) mass is 419 g/mol. The number of thiazole rings is 1. The van der Waals surface area contributed by atoms with E-state index in [1.165, 1.54) is 16.9 Å². The summed E-state index contributed by atoms with van der Waals surface area (Å²) >= 11 is 1.38. The molecule has 2 aromatic rings. The van der Waals surface area contributed by atoms with Crippen molar-refractivity contribution in [2.45, 2.75) is 27.7 Å². The highest BCUT2D eigenvalue weighted by atomic mass is 32.2. The Balaban J connectivity index is 1.68. The van der Waals surface area contributed by atoms with Crippen LogP contribution in [0.5, 0.6) is 0 Å². The number of hydrogen-bond acceptors (Lipinski definition) is 5. The van der Waals surface area contributed by atoms with Gasteiger partial charge >= 0.3 is 0 Å². The van der Waals surface area contributed by atoms with E-state index in [2.05, 4.69) is 34.9 Å². The van der Waals surface area contributed by atoms with Gasteiger partial charge in [0.1, 0.15) is 0 Å². The van der Waals surface area contributed by atoms with E-state index < -0.39 is 10.0 Å². The number of benzene rings is 1.